The van der Waals surface area contributed by atoms with Crippen LogP contribution in [0.3, 0.4) is 0 Å². The lowest BCUT2D eigenvalue weighted by Crippen LogP contribution is -1.97. The molecule has 0 aliphatic carbocycles. The lowest BCUT2D eigenvalue weighted by Gasteiger charge is -2.09. The molecule has 0 fully saturated rings. The molecule has 23 heavy (non-hydrogen) atoms. The number of ether oxygens (including phenoxy) is 1. The summed E-state index contributed by atoms with van der Waals surface area (Å²) in [6.07, 6.45) is 0. The molecule has 2 aromatic carbocycles. The summed E-state index contributed by atoms with van der Waals surface area (Å²) >= 11 is 0. The van der Waals surface area contributed by atoms with Crippen LogP contribution in [0.2, 0.25) is 0 Å². The predicted molar refractivity (Wildman–Crippen MR) is 93.3 cm³/mol. The summed E-state index contributed by atoms with van der Waals surface area (Å²) in [5.74, 6) is 2.36. The first-order chi connectivity index (χ1) is 11.3. The Bertz CT molecular complexity index is 998. The lowest BCUT2D eigenvalue weighted by atomic mass is 10.2. The average Bonchev–Trinajstić information content (AvgIpc) is 2.61. The van der Waals surface area contributed by atoms with Crippen molar-refractivity contribution in [1.29, 1.82) is 0 Å². The summed E-state index contributed by atoms with van der Waals surface area (Å²) in [5, 5.41) is 5.37. The maximum atomic E-state index is 5.36. The summed E-state index contributed by atoms with van der Waals surface area (Å²) in [6.45, 7) is 0. The Morgan fingerprint density at radius 1 is 0.739 bits per heavy atom. The minimum atomic E-state index is 0.758. The Hall–Kier alpha value is -3.14. The first-order valence-electron chi connectivity index (χ1n) is 7.40. The molecule has 0 radical (unpaired) electrons. The molecule has 4 nitrogen and oxygen atoms in total. The second kappa shape index (κ2) is 5.57. The Labute approximate surface area is 133 Å². The SMILES string of the molecule is COc1cccc2nc(Nc3ccc4ccccc4n3)ccc12. The summed E-state index contributed by atoms with van der Waals surface area (Å²) < 4.78 is 5.36. The number of methoxy groups -OCH3 is 1. The number of benzene rings is 2. The molecule has 0 atom stereocenters. The van der Waals surface area contributed by atoms with Gasteiger partial charge < -0.3 is 10.1 Å². The van der Waals surface area contributed by atoms with Gasteiger partial charge in [0.25, 0.3) is 0 Å². The third-order valence-corrected chi connectivity index (χ3v) is 3.77. The van der Waals surface area contributed by atoms with Crippen molar-refractivity contribution in [1.82, 2.24) is 9.97 Å². The van der Waals surface area contributed by atoms with E-state index in [1.54, 1.807) is 7.11 Å². The molecular formula is C19H15N3O. The smallest absolute Gasteiger partial charge is 0.132 e. The molecule has 112 valence electrons. The van der Waals surface area contributed by atoms with E-state index in [0.717, 1.165) is 39.2 Å². The van der Waals surface area contributed by atoms with E-state index in [2.05, 4.69) is 21.4 Å². The normalized spacial score (nSPS) is 10.8. The third-order valence-electron chi connectivity index (χ3n) is 3.77. The van der Waals surface area contributed by atoms with Gasteiger partial charge in [0, 0.05) is 10.8 Å². The number of nitrogens with zero attached hydrogens (tertiary/aromatic N) is 2. The zero-order chi connectivity index (χ0) is 15.6. The van der Waals surface area contributed by atoms with Crippen LogP contribution in [-0.4, -0.2) is 17.1 Å². The second-order valence-electron chi connectivity index (χ2n) is 5.24. The fourth-order valence-electron chi connectivity index (χ4n) is 2.64. The highest BCUT2D eigenvalue weighted by atomic mass is 16.5. The Kier molecular flexibility index (Phi) is 3.27. The largest absolute Gasteiger partial charge is 0.496 e. The Morgan fingerprint density at radius 3 is 2.35 bits per heavy atom. The van der Waals surface area contributed by atoms with Crippen LogP contribution in [0, 0.1) is 0 Å². The molecule has 2 aromatic heterocycles. The minimum Gasteiger partial charge on any atom is -0.496 e. The number of rotatable bonds is 3. The van der Waals surface area contributed by atoms with Crippen molar-refractivity contribution in [3.8, 4) is 5.75 Å². The van der Waals surface area contributed by atoms with Crippen molar-refractivity contribution < 1.29 is 4.74 Å². The Balaban J connectivity index is 1.71. The van der Waals surface area contributed by atoms with Gasteiger partial charge in [0.15, 0.2) is 0 Å². The Morgan fingerprint density at radius 2 is 1.48 bits per heavy atom. The van der Waals surface area contributed by atoms with Crippen molar-refractivity contribution in [3.05, 3.63) is 66.7 Å². The maximum Gasteiger partial charge on any atom is 0.132 e. The number of hydrogen-bond acceptors (Lipinski definition) is 4. The van der Waals surface area contributed by atoms with Crippen LogP contribution in [0.1, 0.15) is 0 Å². The molecule has 1 N–H and O–H groups in total. The van der Waals surface area contributed by atoms with Crippen molar-refractivity contribution >= 4 is 33.4 Å². The molecule has 4 aromatic rings. The van der Waals surface area contributed by atoms with Gasteiger partial charge in [-0.15, -0.1) is 0 Å². The van der Waals surface area contributed by atoms with E-state index >= 15 is 0 Å². The van der Waals surface area contributed by atoms with Crippen LogP contribution in [0.15, 0.2) is 66.7 Å². The molecule has 4 rings (SSSR count). The first kappa shape index (κ1) is 13.5. The van der Waals surface area contributed by atoms with Crippen molar-refractivity contribution in [3.63, 3.8) is 0 Å². The fourth-order valence-corrected chi connectivity index (χ4v) is 2.64. The van der Waals surface area contributed by atoms with Gasteiger partial charge in [0.05, 0.1) is 18.1 Å². The van der Waals surface area contributed by atoms with E-state index in [1.165, 1.54) is 0 Å². The number of aromatic nitrogens is 2. The number of fused-ring (bicyclic) bond motifs is 2. The molecule has 2 heterocycles. The van der Waals surface area contributed by atoms with E-state index in [9.17, 15) is 0 Å². The van der Waals surface area contributed by atoms with E-state index in [4.69, 9.17) is 4.74 Å². The van der Waals surface area contributed by atoms with E-state index < -0.39 is 0 Å². The van der Waals surface area contributed by atoms with Crippen LogP contribution in [0.5, 0.6) is 5.75 Å². The molecule has 0 unspecified atom stereocenters. The second-order valence-corrected chi connectivity index (χ2v) is 5.24. The zero-order valence-corrected chi connectivity index (χ0v) is 12.7. The molecular weight excluding hydrogens is 286 g/mol. The topological polar surface area (TPSA) is 47.0 Å². The zero-order valence-electron chi connectivity index (χ0n) is 12.7. The highest BCUT2D eigenvalue weighted by Crippen LogP contribution is 2.26. The van der Waals surface area contributed by atoms with Crippen molar-refractivity contribution in [2.45, 2.75) is 0 Å². The van der Waals surface area contributed by atoms with E-state index in [0.29, 0.717) is 0 Å². The van der Waals surface area contributed by atoms with Gasteiger partial charge in [-0.3, -0.25) is 0 Å². The molecule has 0 aliphatic heterocycles. The molecule has 0 spiro atoms. The van der Waals surface area contributed by atoms with E-state index in [1.807, 2.05) is 60.7 Å². The summed E-state index contributed by atoms with van der Waals surface area (Å²) in [6, 6.07) is 21.8. The van der Waals surface area contributed by atoms with E-state index in [-0.39, 0.29) is 0 Å². The van der Waals surface area contributed by atoms with Gasteiger partial charge >= 0.3 is 0 Å². The summed E-state index contributed by atoms with van der Waals surface area (Å²) in [5.41, 5.74) is 1.84. The third kappa shape index (κ3) is 2.55. The lowest BCUT2D eigenvalue weighted by molar-refractivity contribution is 0.420. The maximum absolute atomic E-state index is 5.36. The van der Waals surface area contributed by atoms with Crippen LogP contribution >= 0.6 is 0 Å². The van der Waals surface area contributed by atoms with Crippen LogP contribution in [0.25, 0.3) is 21.8 Å². The van der Waals surface area contributed by atoms with Gasteiger partial charge in [-0.25, -0.2) is 9.97 Å². The van der Waals surface area contributed by atoms with Crippen LogP contribution in [0.4, 0.5) is 11.6 Å². The number of para-hydroxylation sites is 1. The van der Waals surface area contributed by atoms with Gasteiger partial charge in [-0.2, -0.15) is 0 Å². The first-order valence-corrected chi connectivity index (χ1v) is 7.40. The van der Waals surface area contributed by atoms with Crippen molar-refractivity contribution in [2.75, 3.05) is 12.4 Å². The van der Waals surface area contributed by atoms with Crippen molar-refractivity contribution in [2.24, 2.45) is 0 Å². The van der Waals surface area contributed by atoms with Crippen LogP contribution < -0.4 is 10.1 Å². The number of anilines is 2. The molecule has 4 heteroatoms. The highest BCUT2D eigenvalue weighted by Gasteiger charge is 2.04. The highest BCUT2D eigenvalue weighted by molar-refractivity contribution is 5.87. The monoisotopic (exact) mass is 301 g/mol. The van der Waals surface area contributed by atoms with Crippen LogP contribution in [-0.2, 0) is 0 Å². The van der Waals surface area contributed by atoms with Gasteiger partial charge in [-0.1, -0.05) is 24.3 Å². The van der Waals surface area contributed by atoms with Gasteiger partial charge in [-0.05, 0) is 42.5 Å². The fraction of sp³-hybridized carbons (Fsp3) is 0.0526. The number of pyridine rings is 2. The molecule has 0 amide bonds. The predicted octanol–water partition coefficient (Wildman–Crippen LogP) is 4.54. The molecule has 0 saturated heterocycles. The average molecular weight is 301 g/mol. The summed E-state index contributed by atoms with van der Waals surface area (Å²) in [7, 11) is 1.67. The minimum absolute atomic E-state index is 0.758. The molecule has 0 saturated carbocycles. The number of nitrogens with one attached hydrogen (secondary N) is 1. The number of hydrogen-bond donors (Lipinski definition) is 1. The molecule has 0 aliphatic rings. The molecule has 0 bridgehead atoms. The summed E-state index contributed by atoms with van der Waals surface area (Å²) in [4.78, 5) is 9.24. The van der Waals surface area contributed by atoms with Gasteiger partial charge in [0.1, 0.15) is 17.4 Å². The quantitative estimate of drug-likeness (QED) is 0.603. The van der Waals surface area contributed by atoms with Gasteiger partial charge in [0.2, 0.25) is 0 Å². The standard InChI is InChI=1S/C19H15N3O/c1-23-17-8-4-7-16-14(17)10-12-19(21-16)22-18-11-9-13-5-2-3-6-15(13)20-18/h2-12H,1H3,(H,20,21,22).